The van der Waals surface area contributed by atoms with Gasteiger partial charge in [0.25, 0.3) is 0 Å². The van der Waals surface area contributed by atoms with Crippen molar-refractivity contribution in [1.82, 2.24) is 5.32 Å². The summed E-state index contributed by atoms with van der Waals surface area (Å²) in [4.78, 5) is 0. The molecule has 1 fully saturated rings. The van der Waals surface area contributed by atoms with E-state index in [-0.39, 0.29) is 0 Å². The normalized spacial score (nSPS) is 20.9. The van der Waals surface area contributed by atoms with Gasteiger partial charge in [-0.2, -0.15) is 0 Å². The van der Waals surface area contributed by atoms with Gasteiger partial charge in [-0.3, -0.25) is 0 Å². The predicted octanol–water partition coefficient (Wildman–Crippen LogP) is 2.67. The summed E-state index contributed by atoms with van der Waals surface area (Å²) in [7, 11) is 0. The molecule has 0 spiro atoms. The number of benzene rings is 1. The highest BCUT2D eigenvalue weighted by Crippen LogP contribution is 2.47. The SMILES string of the molecule is CCC1(CNCC(C)(O)c2ccccc2)CC1. The van der Waals surface area contributed by atoms with Gasteiger partial charge in [0.15, 0.2) is 0 Å². The van der Waals surface area contributed by atoms with Gasteiger partial charge >= 0.3 is 0 Å². The quantitative estimate of drug-likeness (QED) is 0.791. The molecule has 0 bridgehead atoms. The summed E-state index contributed by atoms with van der Waals surface area (Å²) < 4.78 is 0. The third kappa shape index (κ3) is 3.08. The summed E-state index contributed by atoms with van der Waals surface area (Å²) in [6.45, 7) is 5.79. The molecule has 2 N–H and O–H groups in total. The lowest BCUT2D eigenvalue weighted by Crippen LogP contribution is -2.38. The zero-order chi connectivity index (χ0) is 12.4. The van der Waals surface area contributed by atoms with Crippen molar-refractivity contribution in [2.75, 3.05) is 13.1 Å². The summed E-state index contributed by atoms with van der Waals surface area (Å²) in [5.74, 6) is 0. The fourth-order valence-corrected chi connectivity index (χ4v) is 2.30. The number of nitrogens with one attached hydrogen (secondary N) is 1. The Morgan fingerprint density at radius 2 is 1.94 bits per heavy atom. The van der Waals surface area contributed by atoms with Crippen molar-refractivity contribution in [2.45, 2.75) is 38.7 Å². The Hall–Kier alpha value is -0.860. The molecule has 1 aliphatic rings. The summed E-state index contributed by atoms with van der Waals surface area (Å²) in [5, 5.41) is 13.8. The van der Waals surface area contributed by atoms with Gasteiger partial charge in [0.1, 0.15) is 0 Å². The van der Waals surface area contributed by atoms with Crippen LogP contribution >= 0.6 is 0 Å². The molecule has 1 atom stereocenters. The second-order valence-corrected chi connectivity index (χ2v) is 5.60. The van der Waals surface area contributed by atoms with Gasteiger partial charge in [0.05, 0.1) is 5.60 Å². The van der Waals surface area contributed by atoms with Crippen LogP contribution in [0.2, 0.25) is 0 Å². The van der Waals surface area contributed by atoms with E-state index in [1.54, 1.807) is 0 Å². The average molecular weight is 233 g/mol. The van der Waals surface area contributed by atoms with Gasteiger partial charge in [-0.15, -0.1) is 0 Å². The van der Waals surface area contributed by atoms with Crippen LogP contribution in [0, 0.1) is 5.41 Å². The monoisotopic (exact) mass is 233 g/mol. The van der Waals surface area contributed by atoms with E-state index in [9.17, 15) is 5.11 Å². The first-order valence-corrected chi connectivity index (χ1v) is 6.57. The molecule has 1 saturated carbocycles. The van der Waals surface area contributed by atoms with E-state index in [1.807, 2.05) is 37.3 Å². The van der Waals surface area contributed by atoms with Crippen LogP contribution < -0.4 is 5.32 Å². The topological polar surface area (TPSA) is 32.3 Å². The molecule has 0 saturated heterocycles. The summed E-state index contributed by atoms with van der Waals surface area (Å²) in [6.07, 6.45) is 3.92. The van der Waals surface area contributed by atoms with Crippen molar-refractivity contribution in [3.05, 3.63) is 35.9 Å². The number of aliphatic hydroxyl groups is 1. The van der Waals surface area contributed by atoms with Crippen molar-refractivity contribution in [3.8, 4) is 0 Å². The molecular weight excluding hydrogens is 210 g/mol. The largest absolute Gasteiger partial charge is 0.384 e. The molecule has 2 heteroatoms. The van der Waals surface area contributed by atoms with Crippen LogP contribution in [0.15, 0.2) is 30.3 Å². The molecule has 1 aliphatic carbocycles. The lowest BCUT2D eigenvalue weighted by molar-refractivity contribution is 0.0556. The average Bonchev–Trinajstić information content (AvgIpc) is 3.11. The Morgan fingerprint density at radius 3 is 2.47 bits per heavy atom. The maximum atomic E-state index is 10.4. The molecular formula is C15H23NO. The lowest BCUT2D eigenvalue weighted by atomic mass is 9.95. The first-order chi connectivity index (χ1) is 8.08. The van der Waals surface area contributed by atoms with Gasteiger partial charge in [-0.1, -0.05) is 37.3 Å². The second-order valence-electron chi connectivity index (χ2n) is 5.60. The molecule has 17 heavy (non-hydrogen) atoms. The summed E-state index contributed by atoms with van der Waals surface area (Å²) in [5.41, 5.74) is 0.742. The second kappa shape index (κ2) is 4.79. The van der Waals surface area contributed by atoms with Gasteiger partial charge in [0.2, 0.25) is 0 Å². The molecule has 0 aliphatic heterocycles. The standard InChI is InChI=1S/C15H23NO/c1-3-15(9-10-15)12-16-11-14(2,17)13-7-5-4-6-8-13/h4-8,16-17H,3,9-12H2,1-2H3. The van der Waals surface area contributed by atoms with E-state index in [0.29, 0.717) is 12.0 Å². The molecule has 1 aromatic rings. The van der Waals surface area contributed by atoms with Crippen LogP contribution in [0.4, 0.5) is 0 Å². The maximum absolute atomic E-state index is 10.4. The lowest BCUT2D eigenvalue weighted by Gasteiger charge is -2.25. The number of hydrogen-bond acceptors (Lipinski definition) is 2. The molecule has 1 aromatic carbocycles. The van der Waals surface area contributed by atoms with Crippen molar-refractivity contribution in [1.29, 1.82) is 0 Å². The van der Waals surface area contributed by atoms with Crippen LogP contribution in [0.25, 0.3) is 0 Å². The Morgan fingerprint density at radius 1 is 1.29 bits per heavy atom. The summed E-state index contributed by atoms with van der Waals surface area (Å²) in [6, 6.07) is 9.88. The highest BCUT2D eigenvalue weighted by molar-refractivity contribution is 5.21. The first kappa shape index (κ1) is 12.6. The number of hydrogen-bond donors (Lipinski definition) is 2. The van der Waals surface area contributed by atoms with Crippen LogP contribution in [0.1, 0.15) is 38.7 Å². The van der Waals surface area contributed by atoms with Crippen molar-refractivity contribution in [2.24, 2.45) is 5.41 Å². The Labute approximate surface area is 104 Å². The smallest absolute Gasteiger partial charge is 0.0992 e. The van der Waals surface area contributed by atoms with Gasteiger partial charge in [-0.05, 0) is 37.2 Å². The first-order valence-electron chi connectivity index (χ1n) is 6.57. The number of rotatable bonds is 6. The van der Waals surface area contributed by atoms with Crippen LogP contribution in [-0.4, -0.2) is 18.2 Å². The molecule has 94 valence electrons. The highest BCUT2D eigenvalue weighted by atomic mass is 16.3. The van der Waals surface area contributed by atoms with E-state index in [4.69, 9.17) is 0 Å². The third-order valence-electron chi connectivity index (χ3n) is 4.07. The molecule has 0 aromatic heterocycles. The van der Waals surface area contributed by atoms with Gasteiger partial charge in [0, 0.05) is 13.1 Å². The van der Waals surface area contributed by atoms with E-state index >= 15 is 0 Å². The minimum absolute atomic E-state index is 0.534. The fourth-order valence-electron chi connectivity index (χ4n) is 2.30. The third-order valence-corrected chi connectivity index (χ3v) is 4.07. The fraction of sp³-hybridized carbons (Fsp3) is 0.600. The van der Waals surface area contributed by atoms with Gasteiger partial charge < -0.3 is 10.4 Å². The van der Waals surface area contributed by atoms with Crippen LogP contribution in [-0.2, 0) is 5.60 Å². The minimum Gasteiger partial charge on any atom is -0.384 e. The molecule has 1 unspecified atom stereocenters. The van der Waals surface area contributed by atoms with E-state index < -0.39 is 5.60 Å². The van der Waals surface area contributed by atoms with Crippen LogP contribution in [0.5, 0.6) is 0 Å². The zero-order valence-electron chi connectivity index (χ0n) is 10.9. The highest BCUT2D eigenvalue weighted by Gasteiger charge is 2.40. The van der Waals surface area contributed by atoms with Crippen molar-refractivity contribution in [3.63, 3.8) is 0 Å². The van der Waals surface area contributed by atoms with E-state index in [1.165, 1.54) is 19.3 Å². The zero-order valence-corrected chi connectivity index (χ0v) is 10.9. The molecule has 0 heterocycles. The van der Waals surface area contributed by atoms with E-state index in [0.717, 1.165) is 12.1 Å². The van der Waals surface area contributed by atoms with Crippen LogP contribution in [0.3, 0.4) is 0 Å². The predicted molar refractivity (Wildman–Crippen MR) is 70.8 cm³/mol. The minimum atomic E-state index is -0.773. The summed E-state index contributed by atoms with van der Waals surface area (Å²) >= 11 is 0. The van der Waals surface area contributed by atoms with Crippen molar-refractivity contribution < 1.29 is 5.11 Å². The molecule has 0 amide bonds. The Bertz CT molecular complexity index is 354. The molecule has 0 radical (unpaired) electrons. The Balaban J connectivity index is 1.85. The molecule has 2 nitrogen and oxygen atoms in total. The van der Waals surface area contributed by atoms with Gasteiger partial charge in [-0.25, -0.2) is 0 Å². The maximum Gasteiger partial charge on any atom is 0.0992 e. The van der Waals surface area contributed by atoms with Crippen molar-refractivity contribution >= 4 is 0 Å². The molecule has 2 rings (SSSR count). The van der Waals surface area contributed by atoms with E-state index in [2.05, 4.69) is 12.2 Å². The Kier molecular flexibility index (Phi) is 3.55.